The SMILES string of the molecule is CC(=O)c1ccc2cc(Br)oc2c1. The van der Waals surface area contributed by atoms with Crippen LogP contribution < -0.4 is 0 Å². The molecule has 2 nitrogen and oxygen atoms in total. The standard InChI is InChI=1S/C10H7BrO2/c1-6(12)7-2-3-8-5-10(11)13-9(8)4-7/h2-5H,1H3. The zero-order valence-electron chi connectivity index (χ0n) is 7.00. The molecular weight excluding hydrogens is 232 g/mol. The van der Waals surface area contributed by atoms with Crippen molar-refractivity contribution >= 4 is 32.7 Å². The van der Waals surface area contributed by atoms with Crippen LogP contribution >= 0.6 is 15.9 Å². The second kappa shape index (κ2) is 3.00. The van der Waals surface area contributed by atoms with Crippen molar-refractivity contribution < 1.29 is 9.21 Å². The Balaban J connectivity index is 2.67. The number of benzene rings is 1. The molecule has 2 rings (SSSR count). The van der Waals surface area contributed by atoms with Crippen LogP contribution in [-0.2, 0) is 0 Å². The van der Waals surface area contributed by atoms with Crippen LogP contribution in [-0.4, -0.2) is 5.78 Å². The Kier molecular flexibility index (Phi) is 1.96. The molecule has 0 fully saturated rings. The molecule has 0 aliphatic heterocycles. The van der Waals surface area contributed by atoms with Gasteiger partial charge in [0.15, 0.2) is 10.5 Å². The van der Waals surface area contributed by atoms with Gasteiger partial charge in [0.05, 0.1) is 0 Å². The highest BCUT2D eigenvalue weighted by molar-refractivity contribution is 9.10. The van der Waals surface area contributed by atoms with E-state index < -0.39 is 0 Å². The molecule has 0 amide bonds. The van der Waals surface area contributed by atoms with E-state index in [1.54, 1.807) is 19.1 Å². The van der Waals surface area contributed by atoms with Crippen LogP contribution in [0.15, 0.2) is 33.4 Å². The second-order valence-corrected chi connectivity index (χ2v) is 3.64. The van der Waals surface area contributed by atoms with Gasteiger partial charge in [-0.05, 0) is 35.0 Å². The van der Waals surface area contributed by atoms with E-state index in [0.717, 1.165) is 11.0 Å². The van der Waals surface area contributed by atoms with Crippen LogP contribution in [0.2, 0.25) is 0 Å². The van der Waals surface area contributed by atoms with E-state index >= 15 is 0 Å². The van der Waals surface area contributed by atoms with Crippen LogP contribution in [0.4, 0.5) is 0 Å². The molecule has 66 valence electrons. The van der Waals surface area contributed by atoms with Crippen molar-refractivity contribution in [2.45, 2.75) is 6.92 Å². The van der Waals surface area contributed by atoms with Crippen LogP contribution in [0.5, 0.6) is 0 Å². The molecular formula is C10H7BrO2. The number of carbonyl (C=O) groups excluding carboxylic acids is 1. The van der Waals surface area contributed by atoms with Gasteiger partial charge in [0.25, 0.3) is 0 Å². The molecule has 1 aromatic heterocycles. The molecule has 1 aromatic carbocycles. The third-order valence-electron chi connectivity index (χ3n) is 1.90. The molecule has 0 radical (unpaired) electrons. The van der Waals surface area contributed by atoms with Crippen molar-refractivity contribution in [1.82, 2.24) is 0 Å². The summed E-state index contributed by atoms with van der Waals surface area (Å²) in [5, 5.41) is 0.997. The minimum atomic E-state index is 0.0504. The predicted molar refractivity (Wildman–Crippen MR) is 53.9 cm³/mol. The minimum Gasteiger partial charge on any atom is -0.449 e. The lowest BCUT2D eigenvalue weighted by molar-refractivity contribution is 0.101. The number of hydrogen-bond acceptors (Lipinski definition) is 2. The highest BCUT2D eigenvalue weighted by Crippen LogP contribution is 2.24. The van der Waals surface area contributed by atoms with E-state index in [9.17, 15) is 4.79 Å². The summed E-state index contributed by atoms with van der Waals surface area (Å²) in [5.74, 6) is 0.0504. The van der Waals surface area contributed by atoms with Crippen molar-refractivity contribution in [3.05, 3.63) is 34.5 Å². The Morgan fingerprint density at radius 3 is 2.85 bits per heavy atom. The van der Waals surface area contributed by atoms with E-state index in [1.807, 2.05) is 12.1 Å². The van der Waals surface area contributed by atoms with Gasteiger partial charge in [-0.1, -0.05) is 12.1 Å². The first-order chi connectivity index (χ1) is 6.16. The lowest BCUT2D eigenvalue weighted by Gasteiger charge is -1.93. The van der Waals surface area contributed by atoms with Gasteiger partial charge in [0, 0.05) is 10.9 Å². The van der Waals surface area contributed by atoms with Crippen molar-refractivity contribution in [2.24, 2.45) is 0 Å². The molecule has 0 unspecified atom stereocenters. The van der Waals surface area contributed by atoms with Gasteiger partial charge in [0.1, 0.15) is 5.58 Å². The largest absolute Gasteiger partial charge is 0.449 e. The van der Waals surface area contributed by atoms with Crippen molar-refractivity contribution in [3.8, 4) is 0 Å². The first-order valence-corrected chi connectivity index (χ1v) is 4.66. The quantitative estimate of drug-likeness (QED) is 0.714. The maximum atomic E-state index is 11.0. The van der Waals surface area contributed by atoms with Gasteiger partial charge >= 0.3 is 0 Å². The summed E-state index contributed by atoms with van der Waals surface area (Å²) in [4.78, 5) is 11.0. The maximum absolute atomic E-state index is 11.0. The fourth-order valence-corrected chi connectivity index (χ4v) is 1.64. The van der Waals surface area contributed by atoms with Gasteiger partial charge < -0.3 is 4.42 Å². The van der Waals surface area contributed by atoms with E-state index in [0.29, 0.717) is 10.2 Å². The zero-order chi connectivity index (χ0) is 9.42. The molecule has 0 saturated carbocycles. The molecule has 0 spiro atoms. The predicted octanol–water partition coefficient (Wildman–Crippen LogP) is 3.40. The molecule has 13 heavy (non-hydrogen) atoms. The highest BCUT2D eigenvalue weighted by Gasteiger charge is 2.04. The molecule has 0 aliphatic carbocycles. The highest BCUT2D eigenvalue weighted by atomic mass is 79.9. The lowest BCUT2D eigenvalue weighted by Crippen LogP contribution is -1.89. The number of hydrogen-bond donors (Lipinski definition) is 0. The van der Waals surface area contributed by atoms with Crippen molar-refractivity contribution in [1.29, 1.82) is 0 Å². The van der Waals surface area contributed by atoms with Gasteiger partial charge in [-0.25, -0.2) is 0 Å². The number of rotatable bonds is 1. The van der Waals surface area contributed by atoms with Crippen molar-refractivity contribution in [3.63, 3.8) is 0 Å². The molecule has 0 atom stereocenters. The average molecular weight is 239 g/mol. The normalized spacial score (nSPS) is 10.6. The van der Waals surface area contributed by atoms with Crippen LogP contribution in [0.1, 0.15) is 17.3 Å². The molecule has 1 heterocycles. The average Bonchev–Trinajstić information content (AvgIpc) is 2.42. The van der Waals surface area contributed by atoms with Crippen molar-refractivity contribution in [2.75, 3.05) is 0 Å². The summed E-state index contributed by atoms with van der Waals surface area (Å²) in [5.41, 5.74) is 1.41. The number of halogens is 1. The van der Waals surface area contributed by atoms with E-state index in [2.05, 4.69) is 15.9 Å². The van der Waals surface area contributed by atoms with Gasteiger partial charge in [-0.2, -0.15) is 0 Å². The Hall–Kier alpha value is -1.09. The number of carbonyl (C=O) groups is 1. The summed E-state index contributed by atoms with van der Waals surface area (Å²) < 4.78 is 6.01. The Bertz CT molecular complexity index is 471. The van der Waals surface area contributed by atoms with Gasteiger partial charge in [-0.3, -0.25) is 4.79 Å². The third-order valence-corrected chi connectivity index (χ3v) is 2.29. The van der Waals surface area contributed by atoms with E-state index in [1.165, 1.54) is 0 Å². The molecule has 0 aliphatic rings. The first kappa shape index (κ1) is 8.51. The van der Waals surface area contributed by atoms with Gasteiger partial charge in [0.2, 0.25) is 0 Å². The maximum Gasteiger partial charge on any atom is 0.170 e. The van der Waals surface area contributed by atoms with E-state index in [-0.39, 0.29) is 5.78 Å². The van der Waals surface area contributed by atoms with Gasteiger partial charge in [-0.15, -0.1) is 0 Å². The fourth-order valence-electron chi connectivity index (χ4n) is 1.22. The molecule has 0 bridgehead atoms. The summed E-state index contributed by atoms with van der Waals surface area (Å²) in [7, 11) is 0. The number of fused-ring (bicyclic) bond motifs is 1. The lowest BCUT2D eigenvalue weighted by atomic mass is 10.1. The minimum absolute atomic E-state index is 0.0504. The Morgan fingerprint density at radius 2 is 2.15 bits per heavy atom. The summed E-state index contributed by atoms with van der Waals surface area (Å²) >= 11 is 3.23. The Labute approximate surface area is 83.7 Å². The summed E-state index contributed by atoms with van der Waals surface area (Å²) in [6.07, 6.45) is 0. The molecule has 0 saturated heterocycles. The molecule has 3 heteroatoms. The second-order valence-electron chi connectivity index (χ2n) is 2.86. The Morgan fingerprint density at radius 1 is 1.38 bits per heavy atom. The van der Waals surface area contributed by atoms with Crippen LogP contribution in [0.25, 0.3) is 11.0 Å². The number of furan rings is 1. The van der Waals surface area contributed by atoms with Crippen LogP contribution in [0.3, 0.4) is 0 Å². The van der Waals surface area contributed by atoms with Crippen LogP contribution in [0, 0.1) is 0 Å². The molecule has 0 N–H and O–H groups in total. The number of Topliss-reactive ketones (excluding diaryl/α,β-unsaturated/α-hetero) is 1. The monoisotopic (exact) mass is 238 g/mol. The summed E-state index contributed by atoms with van der Waals surface area (Å²) in [6, 6.07) is 7.30. The smallest absolute Gasteiger partial charge is 0.170 e. The summed E-state index contributed by atoms with van der Waals surface area (Å²) in [6.45, 7) is 1.54. The third kappa shape index (κ3) is 1.52. The zero-order valence-corrected chi connectivity index (χ0v) is 8.59. The number of ketones is 1. The topological polar surface area (TPSA) is 30.2 Å². The first-order valence-electron chi connectivity index (χ1n) is 3.87. The fraction of sp³-hybridized carbons (Fsp3) is 0.100. The van der Waals surface area contributed by atoms with E-state index in [4.69, 9.17) is 4.42 Å². The molecule has 2 aromatic rings.